The van der Waals surface area contributed by atoms with Crippen molar-refractivity contribution in [2.24, 2.45) is 0 Å². The van der Waals surface area contributed by atoms with E-state index in [4.69, 9.17) is 0 Å². The van der Waals surface area contributed by atoms with Crippen LogP contribution in [0.2, 0.25) is 0 Å². The minimum Gasteiger partial charge on any atom is -0.361 e. The SMILES string of the molecule is CN(C)CNC(=O)c1cc(-c2ccccc2)cc2cc[nH]c12. The third-order valence-electron chi connectivity index (χ3n) is 3.57. The molecule has 0 atom stereocenters. The molecule has 0 aliphatic heterocycles. The van der Waals surface area contributed by atoms with Gasteiger partial charge in [0.05, 0.1) is 17.7 Å². The van der Waals surface area contributed by atoms with Gasteiger partial charge in [-0.1, -0.05) is 30.3 Å². The van der Waals surface area contributed by atoms with Crippen LogP contribution in [0.5, 0.6) is 0 Å². The molecule has 2 aromatic carbocycles. The number of nitrogens with zero attached hydrogens (tertiary/aromatic N) is 1. The molecule has 112 valence electrons. The van der Waals surface area contributed by atoms with Crippen LogP contribution in [0.4, 0.5) is 0 Å². The van der Waals surface area contributed by atoms with Gasteiger partial charge in [0, 0.05) is 11.6 Å². The van der Waals surface area contributed by atoms with Gasteiger partial charge in [0.25, 0.3) is 5.91 Å². The van der Waals surface area contributed by atoms with Crippen LogP contribution < -0.4 is 5.32 Å². The monoisotopic (exact) mass is 293 g/mol. The molecular formula is C18H19N3O. The number of benzene rings is 2. The maximum absolute atomic E-state index is 12.5. The molecule has 0 unspecified atom stereocenters. The highest BCUT2D eigenvalue weighted by Crippen LogP contribution is 2.27. The topological polar surface area (TPSA) is 48.1 Å². The van der Waals surface area contributed by atoms with E-state index in [2.05, 4.69) is 28.5 Å². The Morgan fingerprint density at radius 3 is 2.59 bits per heavy atom. The van der Waals surface area contributed by atoms with Crippen molar-refractivity contribution in [2.45, 2.75) is 0 Å². The van der Waals surface area contributed by atoms with Crippen molar-refractivity contribution in [3.05, 3.63) is 60.3 Å². The highest BCUT2D eigenvalue weighted by molar-refractivity contribution is 6.07. The summed E-state index contributed by atoms with van der Waals surface area (Å²) in [5.41, 5.74) is 3.69. The lowest BCUT2D eigenvalue weighted by Crippen LogP contribution is -2.33. The second-order valence-electron chi connectivity index (χ2n) is 5.58. The lowest BCUT2D eigenvalue weighted by Gasteiger charge is -2.12. The summed E-state index contributed by atoms with van der Waals surface area (Å²) < 4.78 is 0. The zero-order valence-corrected chi connectivity index (χ0v) is 12.8. The molecule has 1 amide bonds. The van der Waals surface area contributed by atoms with Gasteiger partial charge in [0.1, 0.15) is 0 Å². The van der Waals surface area contributed by atoms with Gasteiger partial charge in [-0.3, -0.25) is 9.69 Å². The van der Waals surface area contributed by atoms with Gasteiger partial charge < -0.3 is 10.3 Å². The first-order valence-electron chi connectivity index (χ1n) is 7.24. The lowest BCUT2D eigenvalue weighted by atomic mass is 10.00. The molecule has 3 rings (SSSR count). The van der Waals surface area contributed by atoms with Crippen LogP contribution in [0.1, 0.15) is 10.4 Å². The lowest BCUT2D eigenvalue weighted by molar-refractivity contribution is 0.0937. The Labute approximate surface area is 129 Å². The van der Waals surface area contributed by atoms with E-state index in [9.17, 15) is 4.79 Å². The fourth-order valence-electron chi connectivity index (χ4n) is 2.47. The highest BCUT2D eigenvalue weighted by atomic mass is 16.1. The summed E-state index contributed by atoms with van der Waals surface area (Å²) in [5.74, 6) is -0.0704. The van der Waals surface area contributed by atoms with Gasteiger partial charge >= 0.3 is 0 Å². The fourth-order valence-corrected chi connectivity index (χ4v) is 2.47. The average Bonchev–Trinajstić information content (AvgIpc) is 3.01. The molecule has 1 aromatic heterocycles. The fraction of sp³-hybridized carbons (Fsp3) is 0.167. The van der Waals surface area contributed by atoms with Crippen LogP contribution in [0.15, 0.2) is 54.7 Å². The van der Waals surface area contributed by atoms with Crippen molar-refractivity contribution in [3.8, 4) is 11.1 Å². The second-order valence-corrected chi connectivity index (χ2v) is 5.58. The number of nitrogens with one attached hydrogen (secondary N) is 2. The van der Waals surface area contributed by atoms with Crippen molar-refractivity contribution >= 4 is 16.8 Å². The molecule has 2 N–H and O–H groups in total. The molecule has 4 heteroatoms. The van der Waals surface area contributed by atoms with Gasteiger partial charge in [-0.05, 0) is 43.4 Å². The number of hydrogen-bond acceptors (Lipinski definition) is 2. The normalized spacial score (nSPS) is 11.0. The molecule has 0 saturated carbocycles. The van der Waals surface area contributed by atoms with E-state index in [-0.39, 0.29) is 5.91 Å². The van der Waals surface area contributed by atoms with Gasteiger partial charge in [-0.2, -0.15) is 0 Å². The first-order valence-corrected chi connectivity index (χ1v) is 7.24. The Kier molecular flexibility index (Phi) is 3.94. The van der Waals surface area contributed by atoms with Crippen molar-refractivity contribution in [3.63, 3.8) is 0 Å². The smallest absolute Gasteiger partial charge is 0.254 e. The Hall–Kier alpha value is -2.59. The van der Waals surface area contributed by atoms with Crippen LogP contribution in [0.3, 0.4) is 0 Å². The number of rotatable bonds is 4. The van der Waals surface area contributed by atoms with Crippen molar-refractivity contribution < 1.29 is 4.79 Å². The van der Waals surface area contributed by atoms with Gasteiger partial charge in [0.15, 0.2) is 0 Å². The molecule has 0 aliphatic carbocycles. The van der Waals surface area contributed by atoms with E-state index < -0.39 is 0 Å². The summed E-state index contributed by atoms with van der Waals surface area (Å²) in [4.78, 5) is 17.6. The molecule has 0 bridgehead atoms. The quantitative estimate of drug-likeness (QED) is 0.726. The summed E-state index contributed by atoms with van der Waals surface area (Å²) in [7, 11) is 3.84. The molecule has 0 aliphatic rings. The van der Waals surface area contributed by atoms with E-state index >= 15 is 0 Å². The maximum atomic E-state index is 12.5. The van der Waals surface area contributed by atoms with Crippen LogP contribution in [0.25, 0.3) is 22.0 Å². The largest absolute Gasteiger partial charge is 0.361 e. The van der Waals surface area contributed by atoms with E-state index in [1.165, 1.54) is 0 Å². The Morgan fingerprint density at radius 2 is 1.86 bits per heavy atom. The minimum atomic E-state index is -0.0704. The van der Waals surface area contributed by atoms with Crippen molar-refractivity contribution in [1.82, 2.24) is 15.2 Å². The number of carbonyl (C=O) groups excluding carboxylic acids is 1. The van der Waals surface area contributed by atoms with Crippen LogP contribution in [0, 0.1) is 0 Å². The Morgan fingerprint density at radius 1 is 1.09 bits per heavy atom. The number of aromatic nitrogens is 1. The third-order valence-corrected chi connectivity index (χ3v) is 3.57. The highest BCUT2D eigenvalue weighted by Gasteiger charge is 2.13. The zero-order valence-electron chi connectivity index (χ0n) is 12.8. The minimum absolute atomic E-state index is 0.0704. The standard InChI is InChI=1S/C18H19N3O/c1-21(2)12-20-18(22)16-11-15(13-6-4-3-5-7-13)10-14-8-9-19-17(14)16/h3-11,19H,12H2,1-2H3,(H,20,22). The Bertz CT molecular complexity index is 790. The van der Waals surface area contributed by atoms with Crippen LogP contribution in [-0.4, -0.2) is 36.6 Å². The summed E-state index contributed by atoms with van der Waals surface area (Å²) in [6, 6.07) is 16.1. The van der Waals surface area contributed by atoms with E-state index in [0.29, 0.717) is 12.2 Å². The number of aromatic amines is 1. The summed E-state index contributed by atoms with van der Waals surface area (Å²) in [5, 5.41) is 3.96. The molecule has 3 aromatic rings. The van der Waals surface area contributed by atoms with Gasteiger partial charge in [-0.15, -0.1) is 0 Å². The molecule has 0 radical (unpaired) electrons. The van der Waals surface area contributed by atoms with Gasteiger partial charge in [0.2, 0.25) is 0 Å². The van der Waals surface area contributed by atoms with E-state index in [1.54, 1.807) is 0 Å². The summed E-state index contributed by atoms with van der Waals surface area (Å²) in [6.07, 6.45) is 1.86. The first kappa shape index (κ1) is 14.4. The second kappa shape index (κ2) is 6.03. The van der Waals surface area contributed by atoms with Crippen molar-refractivity contribution in [1.29, 1.82) is 0 Å². The number of fused-ring (bicyclic) bond motifs is 1. The van der Waals surface area contributed by atoms with Crippen LogP contribution >= 0.6 is 0 Å². The van der Waals surface area contributed by atoms with Crippen LogP contribution in [-0.2, 0) is 0 Å². The maximum Gasteiger partial charge on any atom is 0.254 e. The summed E-state index contributed by atoms with van der Waals surface area (Å²) >= 11 is 0. The molecule has 0 spiro atoms. The Balaban J connectivity index is 2.05. The zero-order chi connectivity index (χ0) is 15.5. The predicted octanol–water partition coefficient (Wildman–Crippen LogP) is 3.08. The van der Waals surface area contributed by atoms with E-state index in [1.807, 2.05) is 55.5 Å². The number of hydrogen-bond donors (Lipinski definition) is 2. The number of H-pyrrole nitrogens is 1. The average molecular weight is 293 g/mol. The van der Waals surface area contributed by atoms with E-state index in [0.717, 1.165) is 22.0 Å². The summed E-state index contributed by atoms with van der Waals surface area (Å²) in [6.45, 7) is 0.511. The molecule has 0 fully saturated rings. The molecule has 0 saturated heterocycles. The number of amides is 1. The molecule has 1 heterocycles. The molecule has 22 heavy (non-hydrogen) atoms. The van der Waals surface area contributed by atoms with Crippen molar-refractivity contribution in [2.75, 3.05) is 20.8 Å². The number of carbonyl (C=O) groups is 1. The molecule has 4 nitrogen and oxygen atoms in total. The predicted molar refractivity (Wildman–Crippen MR) is 89.8 cm³/mol. The van der Waals surface area contributed by atoms with Gasteiger partial charge in [-0.25, -0.2) is 0 Å². The third kappa shape index (κ3) is 2.87. The molecular weight excluding hydrogens is 274 g/mol. The first-order chi connectivity index (χ1) is 10.6.